The number of ether oxygens (including phenoxy) is 1. The van der Waals surface area contributed by atoms with Crippen LogP contribution in [0.3, 0.4) is 0 Å². The van der Waals surface area contributed by atoms with Gasteiger partial charge in [0, 0.05) is 28.6 Å². The Morgan fingerprint density at radius 3 is 2.41 bits per heavy atom. The molecular formula is C22H14O7. The minimum atomic E-state index is -1.02. The molecule has 0 atom stereocenters. The van der Waals surface area contributed by atoms with Crippen molar-refractivity contribution in [3.8, 4) is 28.2 Å². The molecule has 0 amide bonds. The van der Waals surface area contributed by atoms with E-state index in [-0.39, 0.29) is 17.1 Å². The third kappa shape index (κ3) is 3.76. The first-order valence-electron chi connectivity index (χ1n) is 8.36. The first-order chi connectivity index (χ1) is 14.0. The van der Waals surface area contributed by atoms with Gasteiger partial charge >= 0.3 is 12.1 Å². The molecule has 2 aliphatic rings. The first-order valence-corrected chi connectivity index (χ1v) is 8.36. The van der Waals surface area contributed by atoms with E-state index in [2.05, 4.69) is 0 Å². The SMILES string of the molecule is COc1ccc2c(-c3ccccc3C(=O)O)c3ccc(=O)cc-3oc2c1.O=C=O. The molecule has 2 aromatic rings. The summed E-state index contributed by atoms with van der Waals surface area (Å²) < 4.78 is 11.2. The number of benzene rings is 3. The molecule has 1 aliphatic heterocycles. The summed E-state index contributed by atoms with van der Waals surface area (Å²) in [4.78, 5) is 39.8. The zero-order valence-corrected chi connectivity index (χ0v) is 15.2. The van der Waals surface area contributed by atoms with Crippen LogP contribution in [0.1, 0.15) is 10.4 Å². The molecule has 144 valence electrons. The van der Waals surface area contributed by atoms with Crippen LogP contribution in [0, 0.1) is 0 Å². The van der Waals surface area contributed by atoms with Gasteiger partial charge in [-0.25, -0.2) is 4.79 Å². The van der Waals surface area contributed by atoms with Gasteiger partial charge in [-0.15, -0.1) is 0 Å². The molecule has 1 aliphatic carbocycles. The molecule has 0 saturated carbocycles. The number of carbonyl (C=O) groups is 1. The Kier molecular flexibility index (Phi) is 5.53. The zero-order valence-electron chi connectivity index (χ0n) is 15.2. The Morgan fingerprint density at radius 1 is 1.00 bits per heavy atom. The number of methoxy groups -OCH3 is 1. The number of carboxylic acids is 1. The van der Waals surface area contributed by atoms with E-state index >= 15 is 0 Å². The molecule has 0 unspecified atom stereocenters. The number of carboxylic acid groups (broad SMARTS) is 1. The van der Waals surface area contributed by atoms with Crippen molar-refractivity contribution in [3.63, 3.8) is 0 Å². The highest BCUT2D eigenvalue weighted by Gasteiger charge is 2.21. The second-order valence-corrected chi connectivity index (χ2v) is 5.93. The lowest BCUT2D eigenvalue weighted by molar-refractivity contribution is -0.191. The van der Waals surface area contributed by atoms with E-state index in [0.717, 1.165) is 5.39 Å². The summed E-state index contributed by atoms with van der Waals surface area (Å²) in [5.41, 5.74) is 2.47. The molecule has 0 saturated heterocycles. The van der Waals surface area contributed by atoms with Crippen LogP contribution in [-0.2, 0) is 9.59 Å². The number of hydrogen-bond donors (Lipinski definition) is 1. The lowest BCUT2D eigenvalue weighted by Gasteiger charge is -2.16. The first kappa shape index (κ1) is 19.5. The number of carbonyl (C=O) groups excluding carboxylic acids is 2. The Bertz CT molecular complexity index is 1260. The quantitative estimate of drug-likeness (QED) is 0.531. The van der Waals surface area contributed by atoms with Gasteiger partial charge in [-0.3, -0.25) is 4.79 Å². The van der Waals surface area contributed by atoms with Gasteiger partial charge in [0.1, 0.15) is 17.1 Å². The van der Waals surface area contributed by atoms with Gasteiger partial charge in [0.2, 0.25) is 0 Å². The monoisotopic (exact) mass is 390 g/mol. The van der Waals surface area contributed by atoms with Crippen molar-refractivity contribution in [1.29, 1.82) is 0 Å². The van der Waals surface area contributed by atoms with E-state index in [9.17, 15) is 14.7 Å². The fourth-order valence-corrected chi connectivity index (χ4v) is 3.16. The fourth-order valence-electron chi connectivity index (χ4n) is 3.16. The van der Waals surface area contributed by atoms with Gasteiger partial charge < -0.3 is 14.3 Å². The van der Waals surface area contributed by atoms with Crippen LogP contribution in [0.5, 0.6) is 5.75 Å². The van der Waals surface area contributed by atoms with Crippen molar-refractivity contribution in [3.05, 3.63) is 76.5 Å². The Labute approximate surface area is 164 Å². The average molecular weight is 390 g/mol. The van der Waals surface area contributed by atoms with Crippen LogP contribution < -0.4 is 10.2 Å². The second kappa shape index (κ2) is 8.21. The van der Waals surface area contributed by atoms with E-state index < -0.39 is 5.97 Å². The van der Waals surface area contributed by atoms with E-state index in [1.807, 2.05) is 6.07 Å². The highest BCUT2D eigenvalue weighted by Crippen LogP contribution is 2.41. The van der Waals surface area contributed by atoms with Gasteiger partial charge in [-0.1, -0.05) is 18.2 Å². The van der Waals surface area contributed by atoms with Gasteiger partial charge in [-0.2, -0.15) is 9.59 Å². The Morgan fingerprint density at radius 2 is 1.72 bits per heavy atom. The average Bonchev–Trinajstić information content (AvgIpc) is 2.72. The van der Waals surface area contributed by atoms with E-state index in [1.165, 1.54) is 12.1 Å². The molecule has 0 bridgehead atoms. The number of hydrogen-bond acceptors (Lipinski definition) is 6. The van der Waals surface area contributed by atoms with Crippen LogP contribution in [0.2, 0.25) is 0 Å². The summed E-state index contributed by atoms with van der Waals surface area (Å²) in [6.45, 7) is 0. The molecule has 7 nitrogen and oxygen atoms in total. The maximum atomic E-state index is 11.8. The standard InChI is InChI=1S/C21H14O5.CO2/c1-25-13-7-9-17-19(11-13)26-18-10-12(22)6-8-16(18)20(17)14-4-2-3-5-15(14)21(23)24;2-1-3/h2-11H,1H3,(H,23,24);. The summed E-state index contributed by atoms with van der Waals surface area (Å²) in [5, 5.41) is 10.3. The summed E-state index contributed by atoms with van der Waals surface area (Å²) in [6, 6.07) is 16.6. The lowest BCUT2D eigenvalue weighted by Crippen LogP contribution is -2.03. The lowest BCUT2D eigenvalue weighted by atomic mass is 9.91. The Balaban J connectivity index is 0.000000755. The number of rotatable bonds is 3. The molecule has 1 N–H and O–H groups in total. The fraction of sp³-hybridized carbons (Fsp3) is 0.0455. The van der Waals surface area contributed by atoms with Crippen molar-refractivity contribution >= 4 is 23.1 Å². The molecular weight excluding hydrogens is 376 g/mol. The van der Waals surface area contributed by atoms with Crippen molar-refractivity contribution in [1.82, 2.24) is 0 Å². The van der Waals surface area contributed by atoms with Crippen LogP contribution in [-0.4, -0.2) is 24.3 Å². The highest BCUT2D eigenvalue weighted by atomic mass is 16.5. The van der Waals surface area contributed by atoms with Gasteiger partial charge in [0.05, 0.1) is 12.7 Å². The van der Waals surface area contributed by atoms with E-state index in [4.69, 9.17) is 18.7 Å². The Hall–Kier alpha value is -4.22. The zero-order chi connectivity index (χ0) is 21.0. The van der Waals surface area contributed by atoms with Gasteiger partial charge in [0.15, 0.2) is 5.43 Å². The van der Waals surface area contributed by atoms with E-state index in [1.54, 1.807) is 49.6 Å². The summed E-state index contributed by atoms with van der Waals surface area (Å²) in [7, 11) is 1.55. The summed E-state index contributed by atoms with van der Waals surface area (Å²) in [6.07, 6.45) is 0.250. The minimum absolute atomic E-state index is 0.180. The topological polar surface area (TPSA) is 111 Å². The minimum Gasteiger partial charge on any atom is -0.497 e. The van der Waals surface area contributed by atoms with Crippen LogP contribution in [0.4, 0.5) is 0 Å². The number of fused-ring (bicyclic) bond motifs is 2. The van der Waals surface area contributed by atoms with Crippen LogP contribution in [0.25, 0.3) is 33.4 Å². The summed E-state index contributed by atoms with van der Waals surface area (Å²) in [5.74, 6) is -0.0126. The van der Waals surface area contributed by atoms with Gasteiger partial charge in [-0.05, 0) is 35.9 Å². The maximum Gasteiger partial charge on any atom is 0.373 e. The predicted octanol–water partition coefficient (Wildman–Crippen LogP) is 3.69. The van der Waals surface area contributed by atoms with Crippen molar-refractivity contribution in [2.24, 2.45) is 0 Å². The highest BCUT2D eigenvalue weighted by molar-refractivity contribution is 6.07. The third-order valence-corrected chi connectivity index (χ3v) is 4.33. The maximum absolute atomic E-state index is 11.8. The molecule has 0 aromatic heterocycles. The summed E-state index contributed by atoms with van der Waals surface area (Å²) >= 11 is 0. The van der Waals surface area contributed by atoms with Crippen LogP contribution in [0.15, 0.2) is 69.9 Å². The predicted molar refractivity (Wildman–Crippen MR) is 103 cm³/mol. The molecule has 7 heteroatoms. The molecule has 0 fully saturated rings. The largest absolute Gasteiger partial charge is 0.497 e. The van der Waals surface area contributed by atoms with E-state index in [0.29, 0.717) is 33.8 Å². The second-order valence-electron chi connectivity index (χ2n) is 5.93. The normalized spacial score (nSPS) is 10.1. The molecule has 1 heterocycles. The molecule has 29 heavy (non-hydrogen) atoms. The molecule has 4 rings (SSSR count). The van der Waals surface area contributed by atoms with Crippen molar-refractivity contribution in [2.45, 2.75) is 0 Å². The molecule has 0 radical (unpaired) electrons. The number of aromatic carboxylic acids is 1. The van der Waals surface area contributed by atoms with Crippen LogP contribution >= 0.6 is 0 Å². The van der Waals surface area contributed by atoms with Gasteiger partial charge in [0.25, 0.3) is 0 Å². The third-order valence-electron chi connectivity index (χ3n) is 4.33. The smallest absolute Gasteiger partial charge is 0.373 e. The van der Waals surface area contributed by atoms with Crippen molar-refractivity contribution < 1.29 is 28.6 Å². The van der Waals surface area contributed by atoms with Crippen molar-refractivity contribution in [2.75, 3.05) is 7.11 Å². The molecule has 0 spiro atoms. The molecule has 2 aromatic carbocycles.